The quantitative estimate of drug-likeness (QED) is 0.640. The van der Waals surface area contributed by atoms with Crippen LogP contribution in [-0.2, 0) is 29.1 Å². The molecule has 0 spiro atoms. The number of hydrogen-bond acceptors (Lipinski definition) is 5. The van der Waals surface area contributed by atoms with Crippen LogP contribution in [0.5, 0.6) is 11.5 Å². The summed E-state index contributed by atoms with van der Waals surface area (Å²) in [6.45, 7) is 3.77. The Morgan fingerprint density at radius 1 is 1.14 bits per heavy atom. The van der Waals surface area contributed by atoms with E-state index >= 15 is 0 Å². The van der Waals surface area contributed by atoms with E-state index in [1.807, 2.05) is 55.4 Å². The summed E-state index contributed by atoms with van der Waals surface area (Å²) in [6, 6.07) is 13.7. The Labute approximate surface area is 173 Å². The number of rotatable bonds is 8. The van der Waals surface area contributed by atoms with Gasteiger partial charge in [-0.05, 0) is 49.5 Å². The number of nitrogens with zero attached hydrogens (tertiary/aromatic N) is 2. The van der Waals surface area contributed by atoms with E-state index in [0.717, 1.165) is 34.7 Å². The predicted octanol–water partition coefficient (Wildman–Crippen LogP) is 2.74. The van der Waals surface area contributed by atoms with Crippen molar-refractivity contribution in [3.05, 3.63) is 59.2 Å². The molecule has 0 bridgehead atoms. The van der Waals surface area contributed by atoms with Crippen molar-refractivity contribution in [1.29, 1.82) is 0 Å². The van der Waals surface area contributed by atoms with E-state index < -0.39 is 0 Å². The molecule has 1 aliphatic heterocycles. The van der Waals surface area contributed by atoms with E-state index in [2.05, 4.69) is 11.0 Å². The number of fused-ring (bicyclic) bond motifs is 1. The smallest absolute Gasteiger partial charge is 0.227 e. The highest BCUT2D eigenvalue weighted by atomic mass is 16.5. The van der Waals surface area contributed by atoms with Gasteiger partial charge in [0.1, 0.15) is 18.1 Å². The Balaban J connectivity index is 1.61. The van der Waals surface area contributed by atoms with Gasteiger partial charge in [0.25, 0.3) is 0 Å². The zero-order chi connectivity index (χ0) is 20.6. The highest BCUT2D eigenvalue weighted by Crippen LogP contribution is 2.25. The fourth-order valence-corrected chi connectivity index (χ4v) is 3.22. The van der Waals surface area contributed by atoms with E-state index in [0.29, 0.717) is 39.3 Å². The molecule has 0 saturated carbocycles. The van der Waals surface area contributed by atoms with Gasteiger partial charge in [0.15, 0.2) is 0 Å². The zero-order valence-electron chi connectivity index (χ0n) is 17.5. The fourth-order valence-electron chi connectivity index (χ4n) is 3.22. The molecule has 0 N–H and O–H groups in total. The first-order valence-corrected chi connectivity index (χ1v) is 9.93. The van der Waals surface area contributed by atoms with Crippen molar-refractivity contribution in [2.45, 2.75) is 19.6 Å². The Morgan fingerprint density at radius 2 is 1.90 bits per heavy atom. The van der Waals surface area contributed by atoms with E-state index in [-0.39, 0.29) is 5.91 Å². The maximum absolute atomic E-state index is 12.9. The van der Waals surface area contributed by atoms with Gasteiger partial charge in [0.05, 0.1) is 33.3 Å². The third-order valence-electron chi connectivity index (χ3n) is 4.92. The first-order valence-electron chi connectivity index (χ1n) is 9.93. The number of hydrogen-bond donors (Lipinski definition) is 0. The van der Waals surface area contributed by atoms with Crippen LogP contribution in [0.1, 0.15) is 16.7 Å². The Bertz CT molecular complexity index is 805. The van der Waals surface area contributed by atoms with Gasteiger partial charge in [-0.15, -0.1) is 0 Å². The SMILES string of the molecule is COc1ccc(CC(=O)N2CCOc3ccc(COCCN(C)C)cc3C2)cc1. The molecule has 1 aliphatic rings. The molecule has 156 valence electrons. The summed E-state index contributed by atoms with van der Waals surface area (Å²) in [4.78, 5) is 16.8. The molecule has 3 rings (SSSR count). The first-order chi connectivity index (χ1) is 14.0. The Morgan fingerprint density at radius 3 is 2.62 bits per heavy atom. The van der Waals surface area contributed by atoms with Crippen LogP contribution in [0.3, 0.4) is 0 Å². The molecule has 0 aliphatic carbocycles. The molecular weight excluding hydrogens is 368 g/mol. The summed E-state index contributed by atoms with van der Waals surface area (Å²) >= 11 is 0. The second kappa shape index (κ2) is 10.3. The van der Waals surface area contributed by atoms with Crippen LogP contribution >= 0.6 is 0 Å². The number of methoxy groups -OCH3 is 1. The molecule has 0 atom stereocenters. The van der Waals surface area contributed by atoms with Crippen molar-refractivity contribution in [3.63, 3.8) is 0 Å². The number of benzene rings is 2. The maximum Gasteiger partial charge on any atom is 0.227 e. The molecule has 0 saturated heterocycles. The molecule has 1 heterocycles. The summed E-state index contributed by atoms with van der Waals surface area (Å²) in [7, 11) is 5.69. The number of amides is 1. The van der Waals surface area contributed by atoms with Crippen LogP contribution in [0.25, 0.3) is 0 Å². The van der Waals surface area contributed by atoms with E-state index in [1.54, 1.807) is 7.11 Å². The topological polar surface area (TPSA) is 51.2 Å². The van der Waals surface area contributed by atoms with Crippen LogP contribution in [0, 0.1) is 0 Å². The fraction of sp³-hybridized carbons (Fsp3) is 0.435. The van der Waals surface area contributed by atoms with Crippen molar-refractivity contribution in [2.75, 3.05) is 47.5 Å². The number of likely N-dealkylation sites (N-methyl/N-ethyl adjacent to an activating group) is 1. The van der Waals surface area contributed by atoms with E-state index in [4.69, 9.17) is 14.2 Å². The largest absolute Gasteiger partial charge is 0.497 e. The summed E-state index contributed by atoms with van der Waals surface area (Å²) in [5.41, 5.74) is 3.10. The third kappa shape index (κ3) is 6.21. The van der Waals surface area contributed by atoms with Gasteiger partial charge in [-0.25, -0.2) is 0 Å². The van der Waals surface area contributed by atoms with Gasteiger partial charge in [0, 0.05) is 18.7 Å². The molecule has 0 unspecified atom stereocenters. The minimum absolute atomic E-state index is 0.0965. The molecule has 29 heavy (non-hydrogen) atoms. The Kier molecular flexibility index (Phi) is 7.49. The van der Waals surface area contributed by atoms with Gasteiger partial charge < -0.3 is 24.0 Å². The van der Waals surface area contributed by atoms with Crippen LogP contribution in [0.15, 0.2) is 42.5 Å². The standard InChI is InChI=1S/C23H30N2O4/c1-24(2)10-12-28-17-19-6-9-22-20(14-19)16-25(11-13-29-22)23(26)15-18-4-7-21(27-3)8-5-18/h4-9,14H,10-13,15-17H2,1-3H3. The molecule has 0 fully saturated rings. The maximum atomic E-state index is 12.9. The van der Waals surface area contributed by atoms with Crippen LogP contribution in [-0.4, -0.2) is 63.2 Å². The van der Waals surface area contributed by atoms with Crippen LogP contribution in [0.4, 0.5) is 0 Å². The van der Waals surface area contributed by atoms with Crippen LogP contribution in [0.2, 0.25) is 0 Å². The normalized spacial score (nSPS) is 13.6. The lowest BCUT2D eigenvalue weighted by Crippen LogP contribution is -2.33. The van der Waals surface area contributed by atoms with E-state index in [9.17, 15) is 4.79 Å². The summed E-state index contributed by atoms with van der Waals surface area (Å²) in [5.74, 6) is 1.74. The zero-order valence-corrected chi connectivity index (χ0v) is 17.5. The highest BCUT2D eigenvalue weighted by Gasteiger charge is 2.20. The highest BCUT2D eigenvalue weighted by molar-refractivity contribution is 5.79. The number of ether oxygens (including phenoxy) is 3. The van der Waals surface area contributed by atoms with Gasteiger partial charge in [-0.1, -0.05) is 18.2 Å². The third-order valence-corrected chi connectivity index (χ3v) is 4.92. The van der Waals surface area contributed by atoms with E-state index in [1.165, 1.54) is 0 Å². The Hall–Kier alpha value is -2.57. The minimum Gasteiger partial charge on any atom is -0.497 e. The number of carbonyl (C=O) groups excluding carboxylic acids is 1. The van der Waals surface area contributed by atoms with Crippen molar-refractivity contribution in [1.82, 2.24) is 9.80 Å². The minimum atomic E-state index is 0.0965. The second-order valence-corrected chi connectivity index (χ2v) is 7.49. The summed E-state index contributed by atoms with van der Waals surface area (Å²) < 4.78 is 16.8. The molecule has 0 radical (unpaired) electrons. The second-order valence-electron chi connectivity index (χ2n) is 7.49. The van der Waals surface area contributed by atoms with Crippen molar-refractivity contribution >= 4 is 5.91 Å². The lowest BCUT2D eigenvalue weighted by molar-refractivity contribution is -0.131. The summed E-state index contributed by atoms with van der Waals surface area (Å²) in [6.07, 6.45) is 0.368. The molecule has 6 heteroatoms. The number of carbonyl (C=O) groups is 1. The molecule has 6 nitrogen and oxygen atoms in total. The molecule has 1 amide bonds. The lowest BCUT2D eigenvalue weighted by Gasteiger charge is -2.20. The van der Waals surface area contributed by atoms with Crippen LogP contribution < -0.4 is 9.47 Å². The molecule has 0 aromatic heterocycles. The van der Waals surface area contributed by atoms with Crippen molar-refractivity contribution in [2.24, 2.45) is 0 Å². The lowest BCUT2D eigenvalue weighted by atomic mass is 10.1. The average Bonchev–Trinajstić information content (AvgIpc) is 2.93. The van der Waals surface area contributed by atoms with Gasteiger partial charge >= 0.3 is 0 Å². The summed E-state index contributed by atoms with van der Waals surface area (Å²) in [5, 5.41) is 0. The molecular formula is C23H30N2O4. The monoisotopic (exact) mass is 398 g/mol. The van der Waals surface area contributed by atoms with Crippen molar-refractivity contribution < 1.29 is 19.0 Å². The van der Waals surface area contributed by atoms with Gasteiger partial charge in [-0.2, -0.15) is 0 Å². The van der Waals surface area contributed by atoms with Gasteiger partial charge in [-0.3, -0.25) is 4.79 Å². The van der Waals surface area contributed by atoms with Crippen molar-refractivity contribution in [3.8, 4) is 11.5 Å². The molecule has 2 aromatic rings. The average molecular weight is 399 g/mol. The molecule has 2 aromatic carbocycles. The predicted molar refractivity (Wildman–Crippen MR) is 112 cm³/mol. The van der Waals surface area contributed by atoms with Gasteiger partial charge in [0.2, 0.25) is 5.91 Å². The first kappa shape index (κ1) is 21.1.